The van der Waals surface area contributed by atoms with Crippen LogP contribution in [-0.2, 0) is 5.75 Å². The monoisotopic (exact) mass is 366 g/mol. The molecule has 0 aliphatic heterocycles. The first-order valence-corrected chi connectivity index (χ1v) is 9.25. The Balaban J connectivity index is 1.74. The van der Waals surface area contributed by atoms with Crippen molar-refractivity contribution in [3.05, 3.63) is 69.6 Å². The Bertz CT molecular complexity index is 1120. The fourth-order valence-electron chi connectivity index (χ4n) is 2.86. The van der Waals surface area contributed by atoms with Crippen molar-refractivity contribution >= 4 is 17.4 Å². The number of aryl methyl sites for hydroxylation is 3. The number of thioether (sulfide) groups is 1. The maximum Gasteiger partial charge on any atom is 0.272 e. The minimum Gasteiger partial charge on any atom is -0.437 e. The molecule has 0 fully saturated rings. The van der Waals surface area contributed by atoms with Crippen LogP contribution in [0.4, 0.5) is 0 Å². The van der Waals surface area contributed by atoms with Crippen LogP contribution in [0.2, 0.25) is 0 Å². The standard InChI is InChI=1S/C19H18N4O2S/c1-11-13(3)25-19(20-11)26-10-15-9-16(24)23-18(21-15)17(12(2)22-23)14-7-5-4-6-8-14/h4-9,22H,10H2,1-3H3. The zero-order valence-corrected chi connectivity index (χ0v) is 15.6. The Morgan fingerprint density at radius 3 is 2.62 bits per heavy atom. The SMILES string of the molecule is Cc1nc(SCc2cc(=O)n3[nH]c(C)c(-c4ccccc4)c3n2)oc1C. The summed E-state index contributed by atoms with van der Waals surface area (Å²) in [5.41, 5.74) is 4.96. The van der Waals surface area contributed by atoms with Gasteiger partial charge in [0.2, 0.25) is 0 Å². The van der Waals surface area contributed by atoms with Crippen LogP contribution in [0.15, 0.2) is 50.8 Å². The highest BCUT2D eigenvalue weighted by atomic mass is 32.2. The van der Waals surface area contributed by atoms with Crippen LogP contribution < -0.4 is 5.56 Å². The van der Waals surface area contributed by atoms with Gasteiger partial charge in [-0.15, -0.1) is 0 Å². The van der Waals surface area contributed by atoms with Crippen molar-refractivity contribution in [2.75, 3.05) is 0 Å². The topological polar surface area (TPSA) is 76.2 Å². The molecule has 0 radical (unpaired) electrons. The molecule has 4 aromatic rings. The number of nitrogens with zero attached hydrogens (tertiary/aromatic N) is 3. The molecule has 0 atom stereocenters. The predicted molar refractivity (Wildman–Crippen MR) is 102 cm³/mol. The number of rotatable bonds is 4. The Morgan fingerprint density at radius 2 is 1.92 bits per heavy atom. The molecular weight excluding hydrogens is 348 g/mol. The van der Waals surface area contributed by atoms with Gasteiger partial charge in [-0.25, -0.2) is 14.5 Å². The van der Waals surface area contributed by atoms with E-state index >= 15 is 0 Å². The van der Waals surface area contributed by atoms with E-state index in [2.05, 4.69) is 10.1 Å². The Morgan fingerprint density at radius 1 is 1.15 bits per heavy atom. The van der Waals surface area contributed by atoms with Crippen molar-refractivity contribution in [1.82, 2.24) is 19.6 Å². The lowest BCUT2D eigenvalue weighted by molar-refractivity contribution is 0.431. The van der Waals surface area contributed by atoms with Gasteiger partial charge in [0.1, 0.15) is 5.76 Å². The minimum absolute atomic E-state index is 0.129. The van der Waals surface area contributed by atoms with Gasteiger partial charge >= 0.3 is 0 Å². The lowest BCUT2D eigenvalue weighted by Gasteiger charge is -2.02. The van der Waals surface area contributed by atoms with Crippen LogP contribution in [0.3, 0.4) is 0 Å². The molecule has 26 heavy (non-hydrogen) atoms. The highest BCUT2D eigenvalue weighted by molar-refractivity contribution is 7.98. The quantitative estimate of drug-likeness (QED) is 0.555. The van der Waals surface area contributed by atoms with E-state index in [-0.39, 0.29) is 5.56 Å². The van der Waals surface area contributed by atoms with Gasteiger partial charge in [-0.3, -0.25) is 9.89 Å². The molecule has 0 amide bonds. The molecule has 132 valence electrons. The summed E-state index contributed by atoms with van der Waals surface area (Å²) in [5.74, 6) is 1.33. The average Bonchev–Trinajstić information content (AvgIpc) is 3.13. The molecule has 0 aliphatic carbocycles. The van der Waals surface area contributed by atoms with Gasteiger partial charge in [-0.05, 0) is 26.3 Å². The molecule has 4 rings (SSSR count). The number of hydrogen-bond acceptors (Lipinski definition) is 5. The van der Waals surface area contributed by atoms with Gasteiger partial charge in [0.15, 0.2) is 5.65 Å². The summed E-state index contributed by atoms with van der Waals surface area (Å²) in [6.07, 6.45) is 0. The highest BCUT2D eigenvalue weighted by Crippen LogP contribution is 2.27. The normalized spacial score (nSPS) is 11.3. The number of fused-ring (bicyclic) bond motifs is 1. The zero-order chi connectivity index (χ0) is 18.3. The third kappa shape index (κ3) is 2.94. The van der Waals surface area contributed by atoms with Crippen molar-refractivity contribution in [2.24, 2.45) is 0 Å². The number of aromatic nitrogens is 4. The molecule has 7 heteroatoms. The van der Waals surface area contributed by atoms with Gasteiger partial charge in [-0.2, -0.15) is 0 Å². The van der Waals surface area contributed by atoms with Crippen molar-refractivity contribution < 1.29 is 4.42 Å². The van der Waals surface area contributed by atoms with Crippen LogP contribution in [-0.4, -0.2) is 19.6 Å². The van der Waals surface area contributed by atoms with Crippen molar-refractivity contribution in [3.63, 3.8) is 0 Å². The Hall–Kier alpha value is -2.80. The summed E-state index contributed by atoms with van der Waals surface area (Å²) >= 11 is 1.44. The summed E-state index contributed by atoms with van der Waals surface area (Å²) < 4.78 is 7.08. The Labute approximate surface area is 154 Å². The zero-order valence-electron chi connectivity index (χ0n) is 14.7. The van der Waals surface area contributed by atoms with Crippen molar-refractivity contribution in [1.29, 1.82) is 0 Å². The molecule has 1 aromatic carbocycles. The largest absolute Gasteiger partial charge is 0.437 e. The maximum atomic E-state index is 12.5. The van der Waals surface area contributed by atoms with Crippen LogP contribution in [0.1, 0.15) is 22.8 Å². The molecule has 3 heterocycles. The minimum atomic E-state index is -0.129. The molecule has 0 aliphatic rings. The fourth-order valence-corrected chi connectivity index (χ4v) is 3.67. The van der Waals surface area contributed by atoms with Crippen LogP contribution >= 0.6 is 11.8 Å². The molecular formula is C19H18N4O2S. The molecule has 0 unspecified atom stereocenters. The molecule has 0 saturated heterocycles. The van der Waals surface area contributed by atoms with E-state index in [1.165, 1.54) is 16.3 Å². The molecule has 0 spiro atoms. The smallest absolute Gasteiger partial charge is 0.272 e. The molecule has 0 saturated carbocycles. The third-order valence-corrected chi connectivity index (χ3v) is 5.13. The fraction of sp³-hybridized carbons (Fsp3) is 0.211. The second kappa shape index (κ2) is 6.49. The van der Waals surface area contributed by atoms with Gasteiger partial charge in [-0.1, -0.05) is 42.1 Å². The van der Waals surface area contributed by atoms with Gasteiger partial charge in [0.05, 0.1) is 11.4 Å². The van der Waals surface area contributed by atoms with E-state index in [4.69, 9.17) is 9.40 Å². The summed E-state index contributed by atoms with van der Waals surface area (Å²) in [6.45, 7) is 5.75. The lowest BCUT2D eigenvalue weighted by atomic mass is 10.1. The number of benzene rings is 1. The third-order valence-electron chi connectivity index (χ3n) is 4.26. The molecule has 3 aromatic heterocycles. The van der Waals surface area contributed by atoms with E-state index in [0.29, 0.717) is 22.3 Å². The molecule has 6 nitrogen and oxygen atoms in total. The van der Waals surface area contributed by atoms with E-state index < -0.39 is 0 Å². The summed E-state index contributed by atoms with van der Waals surface area (Å²) in [4.78, 5) is 21.6. The first-order chi connectivity index (χ1) is 12.5. The van der Waals surface area contributed by atoms with Crippen molar-refractivity contribution in [3.8, 4) is 11.1 Å². The van der Waals surface area contributed by atoms with Crippen molar-refractivity contribution in [2.45, 2.75) is 31.7 Å². The van der Waals surface area contributed by atoms with Crippen LogP contribution in [0, 0.1) is 20.8 Å². The van der Waals surface area contributed by atoms with E-state index in [0.717, 1.165) is 28.3 Å². The van der Waals surface area contributed by atoms with Gasteiger partial charge < -0.3 is 4.42 Å². The highest BCUT2D eigenvalue weighted by Gasteiger charge is 2.15. The van der Waals surface area contributed by atoms with Crippen LogP contribution in [0.5, 0.6) is 0 Å². The average molecular weight is 366 g/mol. The van der Waals surface area contributed by atoms with E-state index in [1.807, 2.05) is 51.1 Å². The lowest BCUT2D eigenvalue weighted by Crippen LogP contribution is -2.15. The predicted octanol–water partition coefficient (Wildman–Crippen LogP) is 3.90. The molecule has 1 N–H and O–H groups in total. The summed E-state index contributed by atoms with van der Waals surface area (Å²) in [6, 6.07) is 11.5. The van der Waals surface area contributed by atoms with E-state index in [9.17, 15) is 4.79 Å². The maximum absolute atomic E-state index is 12.5. The van der Waals surface area contributed by atoms with Gasteiger partial charge in [0.25, 0.3) is 10.8 Å². The summed E-state index contributed by atoms with van der Waals surface area (Å²) in [7, 11) is 0. The summed E-state index contributed by atoms with van der Waals surface area (Å²) in [5, 5.41) is 3.70. The number of aromatic amines is 1. The number of nitrogens with one attached hydrogen (secondary N) is 1. The first-order valence-electron chi connectivity index (χ1n) is 8.26. The van der Waals surface area contributed by atoms with Crippen LogP contribution in [0.25, 0.3) is 16.8 Å². The Kier molecular flexibility index (Phi) is 4.16. The second-order valence-electron chi connectivity index (χ2n) is 6.13. The van der Waals surface area contributed by atoms with Gasteiger partial charge in [0, 0.05) is 23.1 Å². The first kappa shape index (κ1) is 16.7. The second-order valence-corrected chi connectivity index (χ2v) is 7.06. The number of oxazole rings is 1. The van der Waals surface area contributed by atoms with E-state index in [1.54, 1.807) is 6.07 Å². The number of H-pyrrole nitrogens is 1. The number of hydrogen-bond donors (Lipinski definition) is 1. The molecule has 0 bridgehead atoms.